The molecule has 0 aliphatic carbocycles. The molecule has 2 aromatic rings. The van der Waals surface area contributed by atoms with E-state index in [1.807, 2.05) is 27.1 Å². The third-order valence-electron chi connectivity index (χ3n) is 8.78. The van der Waals surface area contributed by atoms with Crippen molar-refractivity contribution >= 4 is 17.5 Å². The van der Waals surface area contributed by atoms with Gasteiger partial charge in [-0.25, -0.2) is 9.50 Å². The van der Waals surface area contributed by atoms with Crippen LogP contribution < -0.4 is 15.5 Å². The van der Waals surface area contributed by atoms with Crippen LogP contribution in [0.1, 0.15) is 104 Å². The standard InChI is InChI=1S/C26H41F3N8O.C6H12.C2H6/c1-5-17(2)7-6-8-20(30-3)22-16-37-25(32-22)33-23(36-11-9-35(4)10-12-36)21(34-37)14-18-13-19(26(27,28)29)15-31-24(18)38;1-3-5-6-4-2;1-2/h16-20,30H,5-15H2,1-4H3,(H,31,38);5-6H,3-4H2,1-2H3;1-2H3/b;6-5+;. The van der Waals surface area contributed by atoms with Gasteiger partial charge in [0.1, 0.15) is 5.69 Å². The highest BCUT2D eigenvalue weighted by molar-refractivity contribution is 5.80. The molecule has 0 bridgehead atoms. The van der Waals surface area contributed by atoms with Crippen molar-refractivity contribution in [3.05, 3.63) is 29.7 Å². The van der Waals surface area contributed by atoms with E-state index in [0.717, 1.165) is 57.6 Å². The molecule has 9 nitrogen and oxygen atoms in total. The number of piperidine rings is 1. The first-order valence-corrected chi connectivity index (χ1v) is 17.4. The molecule has 2 aromatic heterocycles. The Bertz CT molecular complexity index is 1190. The number of anilines is 1. The number of piperazine rings is 1. The van der Waals surface area contributed by atoms with Crippen LogP contribution >= 0.6 is 0 Å². The molecule has 4 atom stereocenters. The number of likely N-dealkylation sites (N-methyl/N-ethyl adjacent to an activating group) is 1. The Kier molecular flexibility index (Phi) is 17.0. The number of nitrogens with one attached hydrogen (secondary N) is 2. The van der Waals surface area contributed by atoms with Gasteiger partial charge >= 0.3 is 6.18 Å². The summed E-state index contributed by atoms with van der Waals surface area (Å²) in [5.74, 6) is -0.981. The summed E-state index contributed by atoms with van der Waals surface area (Å²) >= 11 is 0. The summed E-state index contributed by atoms with van der Waals surface area (Å²) in [4.78, 5) is 26.6. The molecule has 1 amide bonds. The molecule has 2 aliphatic rings. The summed E-state index contributed by atoms with van der Waals surface area (Å²) in [6.07, 6.45) is 8.38. The zero-order valence-electron chi connectivity index (χ0n) is 29.5. The number of rotatable bonds is 12. The van der Waals surface area contributed by atoms with Crippen LogP contribution in [0.15, 0.2) is 18.3 Å². The van der Waals surface area contributed by atoms with E-state index in [2.05, 4.69) is 67.3 Å². The summed E-state index contributed by atoms with van der Waals surface area (Å²) in [5, 5.41) is 10.6. The maximum atomic E-state index is 13.4. The average Bonchev–Trinajstić information content (AvgIpc) is 3.46. The van der Waals surface area contributed by atoms with Crippen LogP contribution in [0.25, 0.3) is 5.78 Å². The Labute approximate surface area is 274 Å². The van der Waals surface area contributed by atoms with E-state index >= 15 is 0 Å². The Balaban J connectivity index is 0.000000826. The highest BCUT2D eigenvalue weighted by atomic mass is 19.4. The number of fused-ring (bicyclic) bond motifs is 1. The number of alkyl halides is 3. The third kappa shape index (κ3) is 11.8. The van der Waals surface area contributed by atoms with Crippen molar-refractivity contribution in [2.24, 2.45) is 17.8 Å². The van der Waals surface area contributed by atoms with Gasteiger partial charge in [0.05, 0.1) is 23.9 Å². The zero-order valence-corrected chi connectivity index (χ0v) is 29.5. The van der Waals surface area contributed by atoms with Gasteiger partial charge in [0.25, 0.3) is 5.78 Å². The summed E-state index contributed by atoms with van der Waals surface area (Å²) in [6.45, 7) is 15.5. The monoisotopic (exact) mass is 652 g/mol. The minimum atomic E-state index is -4.35. The van der Waals surface area contributed by atoms with Crippen molar-refractivity contribution in [3.8, 4) is 0 Å². The van der Waals surface area contributed by atoms with Crippen molar-refractivity contribution in [1.29, 1.82) is 0 Å². The molecule has 0 aromatic carbocycles. The average molecular weight is 653 g/mol. The lowest BCUT2D eigenvalue weighted by molar-refractivity contribution is -0.183. The maximum absolute atomic E-state index is 13.4. The molecular weight excluding hydrogens is 593 g/mol. The Hall–Kier alpha value is -2.73. The van der Waals surface area contributed by atoms with Crippen LogP contribution in [0, 0.1) is 17.8 Å². The normalized spacial score (nSPS) is 20.5. The van der Waals surface area contributed by atoms with E-state index in [-0.39, 0.29) is 31.3 Å². The molecule has 0 spiro atoms. The van der Waals surface area contributed by atoms with Gasteiger partial charge in [0.15, 0.2) is 5.82 Å². The molecule has 2 fully saturated rings. The maximum Gasteiger partial charge on any atom is 0.393 e. The number of hydrogen-bond acceptors (Lipinski definition) is 7. The van der Waals surface area contributed by atoms with Gasteiger partial charge < -0.3 is 20.4 Å². The number of imidazole rings is 1. The van der Waals surface area contributed by atoms with Gasteiger partial charge in [-0.3, -0.25) is 4.79 Å². The number of carbonyl (C=O) groups excluding carboxylic acids is 1. The lowest BCUT2D eigenvalue weighted by Gasteiger charge is -2.34. The van der Waals surface area contributed by atoms with Crippen molar-refractivity contribution in [3.63, 3.8) is 0 Å². The largest absolute Gasteiger partial charge is 0.393 e. The van der Waals surface area contributed by atoms with Crippen LogP contribution in [0.3, 0.4) is 0 Å². The number of carbonyl (C=O) groups is 1. The van der Waals surface area contributed by atoms with E-state index in [1.54, 1.807) is 4.52 Å². The fourth-order valence-electron chi connectivity index (χ4n) is 5.64. The number of amides is 1. The first kappa shape index (κ1) is 39.4. The number of hydrogen-bond donors (Lipinski definition) is 2. The van der Waals surface area contributed by atoms with Gasteiger partial charge in [-0.2, -0.15) is 23.3 Å². The molecule has 262 valence electrons. The quantitative estimate of drug-likeness (QED) is 0.250. The minimum absolute atomic E-state index is 0.0507. The van der Waals surface area contributed by atoms with Crippen LogP contribution in [0.5, 0.6) is 0 Å². The number of aromatic nitrogens is 4. The fraction of sp³-hybridized carbons (Fsp3) is 0.765. The van der Waals surface area contributed by atoms with E-state index in [1.165, 1.54) is 12.8 Å². The summed E-state index contributed by atoms with van der Waals surface area (Å²) in [5.41, 5.74) is 1.37. The lowest BCUT2D eigenvalue weighted by Crippen LogP contribution is -2.48. The first-order valence-electron chi connectivity index (χ1n) is 17.4. The van der Waals surface area contributed by atoms with Crippen LogP contribution in [0.4, 0.5) is 19.0 Å². The van der Waals surface area contributed by atoms with Crippen molar-refractivity contribution in [1.82, 2.24) is 35.1 Å². The van der Waals surface area contributed by atoms with Gasteiger partial charge in [-0.05, 0) is 45.7 Å². The number of nitrogens with zero attached hydrogens (tertiary/aromatic N) is 6. The highest BCUT2D eigenvalue weighted by Gasteiger charge is 2.45. The third-order valence-corrected chi connectivity index (χ3v) is 8.78. The summed E-state index contributed by atoms with van der Waals surface area (Å²) < 4.78 is 42.0. The second-order valence-electron chi connectivity index (χ2n) is 12.3. The van der Waals surface area contributed by atoms with E-state index in [0.29, 0.717) is 23.2 Å². The molecule has 2 N–H and O–H groups in total. The summed E-state index contributed by atoms with van der Waals surface area (Å²) in [7, 11) is 3.97. The van der Waals surface area contributed by atoms with Crippen LogP contribution in [-0.2, 0) is 11.2 Å². The number of halogens is 3. The van der Waals surface area contributed by atoms with Gasteiger partial charge in [0.2, 0.25) is 5.91 Å². The Morgan fingerprint density at radius 2 is 1.72 bits per heavy atom. The second kappa shape index (κ2) is 19.8. The fourth-order valence-corrected chi connectivity index (χ4v) is 5.64. The SMILES string of the molecule is CC.CC/C=C/CC.CCC(C)CCCC(NC)c1cn2nc(CC3CC(C(F)(F)F)CNC3=O)c(N3CCN(C)CC3)nc2n1. The number of allylic oxidation sites excluding steroid dienone is 2. The topological polar surface area (TPSA) is 90.7 Å². The van der Waals surface area contributed by atoms with Gasteiger partial charge in [-0.15, -0.1) is 0 Å². The first-order chi connectivity index (χ1) is 22.0. The summed E-state index contributed by atoms with van der Waals surface area (Å²) in [6, 6.07) is 0.0507. The highest BCUT2D eigenvalue weighted by Crippen LogP contribution is 2.35. The van der Waals surface area contributed by atoms with Crippen LogP contribution in [-0.4, -0.2) is 83.4 Å². The second-order valence-corrected chi connectivity index (χ2v) is 12.3. The molecule has 4 rings (SSSR count). The van der Waals surface area contributed by atoms with Gasteiger partial charge in [-0.1, -0.05) is 73.0 Å². The molecule has 12 heteroatoms. The Morgan fingerprint density at radius 1 is 1.07 bits per heavy atom. The molecule has 0 radical (unpaired) electrons. The smallest absolute Gasteiger partial charge is 0.355 e. The molecule has 0 saturated carbocycles. The van der Waals surface area contributed by atoms with E-state index < -0.39 is 18.0 Å². The molecule has 2 aliphatic heterocycles. The molecular formula is C34H59F3N8O. The lowest BCUT2D eigenvalue weighted by atomic mass is 9.86. The van der Waals surface area contributed by atoms with Crippen molar-refractivity contribution < 1.29 is 18.0 Å². The molecule has 4 unspecified atom stereocenters. The van der Waals surface area contributed by atoms with E-state index in [4.69, 9.17) is 15.1 Å². The molecule has 2 saturated heterocycles. The zero-order chi connectivity index (χ0) is 34.3. The predicted octanol–water partition coefficient (Wildman–Crippen LogP) is 6.60. The van der Waals surface area contributed by atoms with Crippen molar-refractivity contribution in [2.45, 2.75) is 105 Å². The molecule has 4 heterocycles. The van der Waals surface area contributed by atoms with Crippen LogP contribution in [0.2, 0.25) is 0 Å². The van der Waals surface area contributed by atoms with Crippen molar-refractivity contribution in [2.75, 3.05) is 51.7 Å². The van der Waals surface area contributed by atoms with Gasteiger partial charge in [0, 0.05) is 45.1 Å². The molecule has 46 heavy (non-hydrogen) atoms. The predicted molar refractivity (Wildman–Crippen MR) is 181 cm³/mol. The van der Waals surface area contributed by atoms with E-state index in [9.17, 15) is 18.0 Å². The minimum Gasteiger partial charge on any atom is -0.355 e. The Morgan fingerprint density at radius 3 is 2.28 bits per heavy atom.